The summed E-state index contributed by atoms with van der Waals surface area (Å²) in [5.74, 6) is -4.21. The minimum Gasteiger partial charge on any atom is -0.480 e. The van der Waals surface area contributed by atoms with Gasteiger partial charge >= 0.3 is 5.97 Å². The second-order valence-corrected chi connectivity index (χ2v) is 8.87. The predicted octanol–water partition coefficient (Wildman–Crippen LogP) is -1.97. The van der Waals surface area contributed by atoms with E-state index in [-0.39, 0.29) is 25.2 Å². The number of nitrogens with two attached hydrogens (primary N) is 4. The highest BCUT2D eigenvalue weighted by Crippen LogP contribution is 2.08. The summed E-state index contributed by atoms with van der Waals surface area (Å²) in [4.78, 5) is 61.1. The Balaban J connectivity index is 5.50. The predicted molar refractivity (Wildman–Crippen MR) is 130 cm³/mol. The maximum atomic E-state index is 13.0. The molecule has 13 nitrogen and oxygen atoms in total. The summed E-state index contributed by atoms with van der Waals surface area (Å²) >= 11 is 0. The topological polar surface area (TPSA) is 246 Å². The number of carbonyl (C=O) groups excluding carboxylic acids is 4. The number of carboxylic acid groups (broad SMARTS) is 1. The van der Waals surface area contributed by atoms with Crippen LogP contribution < -0.4 is 38.9 Å². The zero-order chi connectivity index (χ0) is 27.0. The molecule has 12 N–H and O–H groups in total. The van der Waals surface area contributed by atoms with Crippen LogP contribution in [-0.2, 0) is 24.0 Å². The highest BCUT2D eigenvalue weighted by Gasteiger charge is 2.31. The molecule has 0 aliphatic carbocycles. The van der Waals surface area contributed by atoms with Crippen molar-refractivity contribution in [3.8, 4) is 0 Å². The van der Waals surface area contributed by atoms with Crippen LogP contribution in [0.1, 0.15) is 65.2 Å². The van der Waals surface area contributed by atoms with Gasteiger partial charge in [0.05, 0.1) is 6.04 Å². The fourth-order valence-electron chi connectivity index (χ4n) is 3.28. The minimum absolute atomic E-state index is 0.0939. The van der Waals surface area contributed by atoms with Gasteiger partial charge in [-0.25, -0.2) is 4.79 Å². The smallest absolute Gasteiger partial charge is 0.326 e. The molecule has 4 unspecified atom stereocenters. The molecule has 4 atom stereocenters. The molecule has 0 rings (SSSR count). The zero-order valence-corrected chi connectivity index (χ0v) is 20.8. The van der Waals surface area contributed by atoms with E-state index in [1.807, 2.05) is 0 Å². The lowest BCUT2D eigenvalue weighted by atomic mass is 10.0. The minimum atomic E-state index is -1.20. The van der Waals surface area contributed by atoms with E-state index in [4.69, 9.17) is 22.9 Å². The maximum Gasteiger partial charge on any atom is 0.326 e. The molecular weight excluding hydrogens is 458 g/mol. The molecule has 0 aromatic heterocycles. The zero-order valence-electron chi connectivity index (χ0n) is 20.8. The number of carboxylic acids is 1. The Morgan fingerprint density at radius 2 is 1.23 bits per heavy atom. The summed E-state index contributed by atoms with van der Waals surface area (Å²) in [6.07, 6.45) is 2.71. The van der Waals surface area contributed by atoms with Crippen molar-refractivity contribution in [2.24, 2.45) is 28.9 Å². The van der Waals surface area contributed by atoms with Crippen molar-refractivity contribution in [2.75, 3.05) is 13.1 Å². The monoisotopic (exact) mass is 501 g/mol. The van der Waals surface area contributed by atoms with Crippen LogP contribution >= 0.6 is 0 Å². The number of rotatable bonds is 19. The summed E-state index contributed by atoms with van der Waals surface area (Å²) in [6, 6.07) is -4.26. The van der Waals surface area contributed by atoms with Gasteiger partial charge in [-0.1, -0.05) is 20.3 Å². The van der Waals surface area contributed by atoms with Crippen LogP contribution in [0.25, 0.3) is 0 Å². The summed E-state index contributed by atoms with van der Waals surface area (Å²) in [5, 5.41) is 16.9. The Bertz CT molecular complexity index is 704. The third kappa shape index (κ3) is 13.6. The van der Waals surface area contributed by atoms with Crippen LogP contribution in [0.5, 0.6) is 0 Å². The van der Waals surface area contributed by atoms with E-state index in [0.717, 1.165) is 0 Å². The number of primary amides is 1. The lowest BCUT2D eigenvalue weighted by Gasteiger charge is -2.26. The van der Waals surface area contributed by atoms with Crippen molar-refractivity contribution >= 4 is 29.6 Å². The highest BCUT2D eigenvalue weighted by atomic mass is 16.4. The van der Waals surface area contributed by atoms with Gasteiger partial charge in [-0.2, -0.15) is 0 Å². The standard InChI is InChI=1S/C22H43N7O6/c1-13(2)18(22(34)35)29-21(33)15(8-4-6-12-24)28-20(32)16(9-10-17(26)30)27-19(31)14(25)7-3-5-11-23/h13-16,18H,3-12,23-25H2,1-2H3,(H2,26,30)(H,27,31)(H,28,32)(H,29,33)(H,34,35). The Morgan fingerprint density at radius 3 is 1.71 bits per heavy atom. The molecule has 4 amide bonds. The Hall–Kier alpha value is -2.77. The number of nitrogens with one attached hydrogen (secondary N) is 3. The average molecular weight is 502 g/mol. The SMILES string of the molecule is CC(C)C(NC(=O)C(CCCCN)NC(=O)C(CCC(N)=O)NC(=O)C(N)CCCCN)C(=O)O. The van der Waals surface area contributed by atoms with Gasteiger partial charge in [-0.05, 0) is 57.5 Å². The molecular formula is C22H43N7O6. The van der Waals surface area contributed by atoms with E-state index in [2.05, 4.69) is 16.0 Å². The van der Waals surface area contributed by atoms with E-state index < -0.39 is 53.8 Å². The van der Waals surface area contributed by atoms with Crippen molar-refractivity contribution in [1.82, 2.24) is 16.0 Å². The summed E-state index contributed by atoms with van der Waals surface area (Å²) < 4.78 is 0. The molecule has 202 valence electrons. The number of amides is 4. The van der Waals surface area contributed by atoms with Crippen molar-refractivity contribution < 1.29 is 29.1 Å². The molecule has 0 bridgehead atoms. The molecule has 0 aromatic carbocycles. The van der Waals surface area contributed by atoms with E-state index in [1.54, 1.807) is 13.8 Å². The van der Waals surface area contributed by atoms with E-state index in [0.29, 0.717) is 45.2 Å². The van der Waals surface area contributed by atoms with Crippen molar-refractivity contribution in [1.29, 1.82) is 0 Å². The number of aliphatic carboxylic acids is 1. The van der Waals surface area contributed by atoms with Crippen LogP contribution in [0.15, 0.2) is 0 Å². The van der Waals surface area contributed by atoms with Gasteiger partial charge in [0, 0.05) is 6.42 Å². The first-order chi connectivity index (χ1) is 16.4. The third-order valence-electron chi connectivity index (χ3n) is 5.43. The van der Waals surface area contributed by atoms with E-state index in [9.17, 15) is 29.1 Å². The molecule has 0 radical (unpaired) electrons. The maximum absolute atomic E-state index is 13.0. The second kappa shape index (κ2) is 17.6. The number of hydrogen-bond donors (Lipinski definition) is 8. The number of hydrogen-bond acceptors (Lipinski definition) is 8. The molecule has 0 heterocycles. The van der Waals surface area contributed by atoms with Crippen LogP contribution in [-0.4, -0.2) is 72.0 Å². The largest absolute Gasteiger partial charge is 0.480 e. The molecule has 0 aromatic rings. The average Bonchev–Trinajstić information content (AvgIpc) is 2.78. The molecule has 0 aliphatic rings. The first-order valence-electron chi connectivity index (χ1n) is 12.0. The molecule has 13 heteroatoms. The van der Waals surface area contributed by atoms with Crippen LogP contribution in [0.2, 0.25) is 0 Å². The Morgan fingerprint density at radius 1 is 0.743 bits per heavy atom. The first kappa shape index (κ1) is 32.2. The molecule has 0 fully saturated rings. The van der Waals surface area contributed by atoms with Gasteiger partial charge in [0.25, 0.3) is 0 Å². The van der Waals surface area contributed by atoms with Crippen molar-refractivity contribution in [2.45, 2.75) is 89.4 Å². The quantitative estimate of drug-likeness (QED) is 0.0913. The summed E-state index contributed by atoms with van der Waals surface area (Å²) in [5.41, 5.74) is 22.1. The first-order valence-corrected chi connectivity index (χ1v) is 12.0. The van der Waals surface area contributed by atoms with Gasteiger partial charge in [0.15, 0.2) is 0 Å². The molecule has 35 heavy (non-hydrogen) atoms. The number of carbonyl (C=O) groups is 5. The Kier molecular flexibility index (Phi) is 16.2. The Labute approximate surface area is 206 Å². The van der Waals surface area contributed by atoms with Gasteiger partial charge in [-0.3, -0.25) is 19.2 Å². The van der Waals surface area contributed by atoms with Crippen molar-refractivity contribution in [3.05, 3.63) is 0 Å². The number of unbranched alkanes of at least 4 members (excludes halogenated alkanes) is 2. The highest BCUT2D eigenvalue weighted by molar-refractivity contribution is 5.94. The fraction of sp³-hybridized carbons (Fsp3) is 0.773. The van der Waals surface area contributed by atoms with E-state index >= 15 is 0 Å². The van der Waals surface area contributed by atoms with Crippen molar-refractivity contribution in [3.63, 3.8) is 0 Å². The third-order valence-corrected chi connectivity index (χ3v) is 5.43. The van der Waals surface area contributed by atoms with Gasteiger partial charge in [-0.15, -0.1) is 0 Å². The molecule has 0 saturated heterocycles. The normalized spacial score (nSPS) is 14.5. The van der Waals surface area contributed by atoms with Gasteiger partial charge in [0.1, 0.15) is 18.1 Å². The van der Waals surface area contributed by atoms with Gasteiger partial charge in [0.2, 0.25) is 23.6 Å². The fourth-order valence-corrected chi connectivity index (χ4v) is 3.28. The summed E-state index contributed by atoms with van der Waals surface area (Å²) in [7, 11) is 0. The summed E-state index contributed by atoms with van der Waals surface area (Å²) in [6.45, 7) is 4.14. The lowest BCUT2D eigenvalue weighted by molar-refractivity contribution is -0.143. The van der Waals surface area contributed by atoms with E-state index in [1.165, 1.54) is 0 Å². The molecule has 0 saturated carbocycles. The molecule has 0 aliphatic heterocycles. The van der Waals surface area contributed by atoms with Crippen LogP contribution in [0.3, 0.4) is 0 Å². The lowest BCUT2D eigenvalue weighted by Crippen LogP contribution is -2.57. The second-order valence-electron chi connectivity index (χ2n) is 8.87. The van der Waals surface area contributed by atoms with Crippen LogP contribution in [0.4, 0.5) is 0 Å². The molecule has 0 spiro atoms. The van der Waals surface area contributed by atoms with Crippen LogP contribution in [0, 0.1) is 5.92 Å². The van der Waals surface area contributed by atoms with Gasteiger partial charge < -0.3 is 44.0 Å².